The average Bonchev–Trinajstić information content (AvgIpc) is 4.15. The summed E-state index contributed by atoms with van der Waals surface area (Å²) in [6.45, 7) is 0. The molecule has 11 aromatic carbocycles. The molecule has 15 aromatic rings. The molecule has 0 unspecified atom stereocenters. The van der Waals surface area contributed by atoms with Crippen molar-refractivity contribution in [3.05, 3.63) is 267 Å². The highest BCUT2D eigenvalue weighted by Crippen LogP contribution is 2.42. The van der Waals surface area contributed by atoms with Gasteiger partial charge >= 0.3 is 0 Å². The Morgan fingerprint density at radius 1 is 0.200 bits per heavy atom. The lowest BCUT2D eigenvalue weighted by Gasteiger charge is -2.19. The van der Waals surface area contributed by atoms with Gasteiger partial charge in [-0.15, -0.1) is 0 Å². The molecule has 0 saturated heterocycles. The topological polar surface area (TPSA) is 53.5 Å². The van der Waals surface area contributed by atoms with Crippen molar-refractivity contribution < 1.29 is 0 Å². The first-order chi connectivity index (χ1) is 37.2. The minimum absolute atomic E-state index is 0.615. The molecule has 0 N–H and O–H groups in total. The summed E-state index contributed by atoms with van der Waals surface area (Å²) in [5.74, 6) is 1.88. The summed E-state index contributed by atoms with van der Waals surface area (Å²) in [6.07, 6.45) is 0. The maximum Gasteiger partial charge on any atom is 0.164 e. The van der Waals surface area contributed by atoms with Gasteiger partial charge < -0.3 is 13.7 Å². The fourth-order valence-corrected chi connectivity index (χ4v) is 11.4. The van der Waals surface area contributed by atoms with Crippen molar-refractivity contribution in [3.8, 4) is 73.5 Å². The molecule has 350 valence electrons. The third kappa shape index (κ3) is 6.99. The van der Waals surface area contributed by atoms with Crippen molar-refractivity contribution in [2.45, 2.75) is 0 Å². The van der Waals surface area contributed by atoms with Gasteiger partial charge in [0.15, 0.2) is 17.5 Å². The van der Waals surface area contributed by atoms with Crippen molar-refractivity contribution in [2.24, 2.45) is 0 Å². The van der Waals surface area contributed by atoms with E-state index in [1.54, 1.807) is 0 Å². The molecule has 0 bridgehead atoms. The van der Waals surface area contributed by atoms with Crippen LogP contribution in [0.25, 0.3) is 139 Å². The summed E-state index contributed by atoms with van der Waals surface area (Å²) in [5.41, 5.74) is 17.4. The smallest absolute Gasteiger partial charge is 0.164 e. The molecule has 6 nitrogen and oxygen atoms in total. The van der Waals surface area contributed by atoms with Gasteiger partial charge in [0.2, 0.25) is 0 Å². The molecular formula is C69H44N6. The first-order valence-electron chi connectivity index (χ1n) is 25.4. The van der Waals surface area contributed by atoms with Gasteiger partial charge in [-0.05, 0) is 95.1 Å². The first-order valence-corrected chi connectivity index (χ1v) is 25.4. The van der Waals surface area contributed by atoms with Crippen LogP contribution in [0.15, 0.2) is 267 Å². The van der Waals surface area contributed by atoms with Crippen molar-refractivity contribution in [1.29, 1.82) is 0 Å². The zero-order chi connectivity index (χ0) is 49.4. The van der Waals surface area contributed by atoms with Crippen LogP contribution in [0.5, 0.6) is 0 Å². The van der Waals surface area contributed by atoms with E-state index in [0.717, 1.165) is 78.1 Å². The number of para-hydroxylation sites is 5. The largest absolute Gasteiger partial charge is 0.309 e. The number of hydrogen-bond acceptors (Lipinski definition) is 3. The lowest BCUT2D eigenvalue weighted by atomic mass is 10.0. The zero-order valence-corrected chi connectivity index (χ0v) is 40.6. The van der Waals surface area contributed by atoms with Crippen molar-refractivity contribution in [1.82, 2.24) is 28.7 Å². The summed E-state index contributed by atoms with van der Waals surface area (Å²) in [4.78, 5) is 15.2. The fourth-order valence-electron chi connectivity index (χ4n) is 11.4. The molecule has 0 aliphatic rings. The maximum atomic E-state index is 5.12. The summed E-state index contributed by atoms with van der Waals surface area (Å²) in [7, 11) is 0. The van der Waals surface area contributed by atoms with Crippen LogP contribution in [0.4, 0.5) is 0 Å². The van der Waals surface area contributed by atoms with Crippen LogP contribution in [0.3, 0.4) is 0 Å². The molecule has 0 spiro atoms. The second-order valence-corrected chi connectivity index (χ2v) is 19.2. The standard InChI is InChI=1S/C69H44N6/c1-4-19-45(20-5-1)67-70-68(46-21-6-2-7-22-46)72-69(71-67)51-24-18-23-47(41-51)50-37-40-64(74-60-32-15-10-27-53(60)54-28-11-16-33-61(54)74)66(44-50)75-62-34-17-12-29-55(62)57-38-35-49(43-65(57)75)48-36-39-63-58(42-48)56-30-13-14-31-59(56)73(63)52-25-8-3-9-26-52/h1-44H. The summed E-state index contributed by atoms with van der Waals surface area (Å²) in [6, 6.07) is 95.6. The summed E-state index contributed by atoms with van der Waals surface area (Å²) >= 11 is 0. The molecule has 0 radical (unpaired) electrons. The Labute approximate surface area is 432 Å². The molecule has 0 amide bonds. The van der Waals surface area contributed by atoms with Gasteiger partial charge in [-0.3, -0.25) is 0 Å². The molecule has 0 aliphatic heterocycles. The lowest BCUT2D eigenvalue weighted by molar-refractivity contribution is 1.07. The second kappa shape index (κ2) is 17.3. The highest BCUT2D eigenvalue weighted by molar-refractivity contribution is 6.14. The summed E-state index contributed by atoms with van der Waals surface area (Å²) in [5, 5.41) is 7.27. The highest BCUT2D eigenvalue weighted by atomic mass is 15.1. The molecule has 4 heterocycles. The SMILES string of the molecule is c1ccc(-c2nc(-c3ccccc3)nc(-c3cccc(-c4ccc(-n5c6ccccc6c6ccccc65)c(-n5c6ccccc6c6ccc(-c7ccc8c(c7)c7ccccc7n8-c7ccccc7)cc65)c4)c3)n2)cc1. The van der Waals surface area contributed by atoms with Gasteiger partial charge in [-0.25, -0.2) is 15.0 Å². The number of hydrogen-bond donors (Lipinski definition) is 0. The number of fused-ring (bicyclic) bond motifs is 9. The lowest BCUT2D eigenvalue weighted by Crippen LogP contribution is -2.04. The maximum absolute atomic E-state index is 5.12. The molecule has 4 aromatic heterocycles. The Kier molecular flexibility index (Phi) is 9.78. The van der Waals surface area contributed by atoms with Crippen LogP contribution in [0, 0.1) is 0 Å². The monoisotopic (exact) mass is 956 g/mol. The van der Waals surface area contributed by atoms with Crippen molar-refractivity contribution in [3.63, 3.8) is 0 Å². The predicted octanol–water partition coefficient (Wildman–Crippen LogP) is 17.5. The first kappa shape index (κ1) is 42.5. The zero-order valence-electron chi connectivity index (χ0n) is 40.6. The Hall–Kier alpha value is -10.2. The quantitative estimate of drug-likeness (QED) is 0.152. The van der Waals surface area contributed by atoms with Gasteiger partial charge in [-0.2, -0.15) is 0 Å². The molecule has 0 aliphatic carbocycles. The van der Waals surface area contributed by atoms with E-state index in [9.17, 15) is 0 Å². The molecule has 0 saturated carbocycles. The number of aromatic nitrogens is 6. The van der Waals surface area contributed by atoms with E-state index in [4.69, 9.17) is 15.0 Å². The van der Waals surface area contributed by atoms with Crippen LogP contribution in [0.1, 0.15) is 0 Å². The third-order valence-electron chi connectivity index (χ3n) is 14.9. The molecule has 0 atom stereocenters. The van der Waals surface area contributed by atoms with E-state index >= 15 is 0 Å². The van der Waals surface area contributed by atoms with Gasteiger partial charge in [-0.1, -0.05) is 194 Å². The number of nitrogens with zero attached hydrogens (tertiary/aromatic N) is 6. The minimum Gasteiger partial charge on any atom is -0.309 e. The van der Waals surface area contributed by atoms with Gasteiger partial charge in [0.05, 0.1) is 44.5 Å². The normalized spacial score (nSPS) is 11.7. The van der Waals surface area contributed by atoms with Crippen LogP contribution in [-0.4, -0.2) is 28.7 Å². The Morgan fingerprint density at radius 2 is 0.587 bits per heavy atom. The van der Waals surface area contributed by atoms with Crippen LogP contribution in [0.2, 0.25) is 0 Å². The highest BCUT2D eigenvalue weighted by Gasteiger charge is 2.22. The van der Waals surface area contributed by atoms with Crippen LogP contribution < -0.4 is 0 Å². The Balaban J connectivity index is 0.953. The fraction of sp³-hybridized carbons (Fsp3) is 0. The van der Waals surface area contributed by atoms with E-state index in [1.807, 2.05) is 60.7 Å². The Bertz CT molecular complexity index is 4590. The van der Waals surface area contributed by atoms with E-state index < -0.39 is 0 Å². The van der Waals surface area contributed by atoms with Crippen molar-refractivity contribution in [2.75, 3.05) is 0 Å². The van der Waals surface area contributed by atoms with Crippen LogP contribution >= 0.6 is 0 Å². The average molecular weight is 957 g/mol. The van der Waals surface area contributed by atoms with Gasteiger partial charge in [0, 0.05) is 54.7 Å². The molecule has 0 fully saturated rings. The van der Waals surface area contributed by atoms with E-state index in [0.29, 0.717) is 17.5 Å². The van der Waals surface area contributed by atoms with Gasteiger partial charge in [0.1, 0.15) is 0 Å². The minimum atomic E-state index is 0.615. The Morgan fingerprint density at radius 3 is 1.19 bits per heavy atom. The molecule has 75 heavy (non-hydrogen) atoms. The summed E-state index contributed by atoms with van der Waals surface area (Å²) < 4.78 is 7.31. The van der Waals surface area contributed by atoms with Crippen molar-refractivity contribution >= 4 is 65.4 Å². The molecular weight excluding hydrogens is 913 g/mol. The number of benzene rings is 11. The predicted molar refractivity (Wildman–Crippen MR) is 310 cm³/mol. The van der Waals surface area contributed by atoms with E-state index in [1.165, 1.54) is 43.4 Å². The van der Waals surface area contributed by atoms with Crippen LogP contribution in [-0.2, 0) is 0 Å². The number of rotatable bonds is 8. The third-order valence-corrected chi connectivity index (χ3v) is 14.9. The molecule has 6 heteroatoms. The second-order valence-electron chi connectivity index (χ2n) is 19.2. The van der Waals surface area contributed by atoms with Gasteiger partial charge in [0.25, 0.3) is 0 Å². The van der Waals surface area contributed by atoms with E-state index in [-0.39, 0.29) is 0 Å². The van der Waals surface area contributed by atoms with E-state index in [2.05, 4.69) is 220 Å². The molecule has 15 rings (SSSR count).